The second-order valence-electron chi connectivity index (χ2n) is 7.40. The molecular formula is C21H25ClN2O3S. The monoisotopic (exact) mass is 420 g/mol. The molecule has 2 aromatic carbocycles. The number of rotatable bonds is 5. The topological polar surface area (TPSA) is 57.7 Å². The fourth-order valence-electron chi connectivity index (χ4n) is 3.35. The van der Waals surface area contributed by atoms with Crippen molar-refractivity contribution in [1.29, 1.82) is 0 Å². The van der Waals surface area contributed by atoms with Crippen LogP contribution >= 0.6 is 11.6 Å². The third-order valence-corrected chi connectivity index (χ3v) is 7.29. The SMILES string of the molecule is CC1CCN(S(=O)(=O)c2ccc(C(=O)N(C)Cc3cccc(Cl)c3)cc2)CC1. The van der Waals surface area contributed by atoms with Gasteiger partial charge in [0.1, 0.15) is 0 Å². The normalized spacial score (nSPS) is 16.1. The van der Waals surface area contributed by atoms with E-state index in [9.17, 15) is 13.2 Å². The Morgan fingerprint density at radius 3 is 2.39 bits per heavy atom. The molecule has 3 rings (SSSR count). The number of hydrogen-bond donors (Lipinski definition) is 0. The summed E-state index contributed by atoms with van der Waals surface area (Å²) in [6, 6.07) is 13.6. The van der Waals surface area contributed by atoms with Gasteiger partial charge in [-0.1, -0.05) is 30.7 Å². The maximum atomic E-state index is 12.8. The molecule has 0 atom stereocenters. The van der Waals surface area contributed by atoms with E-state index in [-0.39, 0.29) is 10.8 Å². The van der Waals surface area contributed by atoms with E-state index in [1.807, 2.05) is 18.2 Å². The molecule has 1 saturated heterocycles. The van der Waals surface area contributed by atoms with Crippen LogP contribution in [-0.4, -0.2) is 43.7 Å². The lowest BCUT2D eigenvalue weighted by molar-refractivity contribution is 0.0785. The van der Waals surface area contributed by atoms with Crippen molar-refractivity contribution in [1.82, 2.24) is 9.21 Å². The number of halogens is 1. The minimum atomic E-state index is -3.51. The number of nitrogens with zero attached hydrogens (tertiary/aromatic N) is 2. The van der Waals surface area contributed by atoms with Crippen molar-refractivity contribution in [3.05, 3.63) is 64.7 Å². The Kier molecular flexibility index (Phi) is 6.43. The quantitative estimate of drug-likeness (QED) is 0.733. The molecule has 0 radical (unpaired) electrons. The van der Waals surface area contributed by atoms with Crippen LogP contribution in [0.4, 0.5) is 0 Å². The molecule has 0 bridgehead atoms. The summed E-state index contributed by atoms with van der Waals surface area (Å²) in [7, 11) is -1.80. The van der Waals surface area contributed by atoms with E-state index in [1.54, 1.807) is 30.1 Å². The minimum Gasteiger partial charge on any atom is -0.337 e. The van der Waals surface area contributed by atoms with Gasteiger partial charge in [0.05, 0.1) is 4.90 Å². The van der Waals surface area contributed by atoms with Crippen LogP contribution in [0.25, 0.3) is 0 Å². The van der Waals surface area contributed by atoms with E-state index in [0.29, 0.717) is 36.1 Å². The first kappa shape index (κ1) is 20.8. The second kappa shape index (κ2) is 8.64. The summed E-state index contributed by atoms with van der Waals surface area (Å²) in [6.45, 7) is 3.66. The maximum Gasteiger partial charge on any atom is 0.253 e. The molecule has 28 heavy (non-hydrogen) atoms. The van der Waals surface area contributed by atoms with Gasteiger partial charge in [-0.3, -0.25) is 4.79 Å². The van der Waals surface area contributed by atoms with Crippen molar-refractivity contribution in [2.75, 3.05) is 20.1 Å². The third-order valence-electron chi connectivity index (χ3n) is 5.14. The highest BCUT2D eigenvalue weighted by Gasteiger charge is 2.28. The molecule has 1 amide bonds. The van der Waals surface area contributed by atoms with E-state index in [1.165, 1.54) is 16.4 Å². The largest absolute Gasteiger partial charge is 0.337 e. The van der Waals surface area contributed by atoms with Crippen LogP contribution in [0.1, 0.15) is 35.7 Å². The predicted octanol–water partition coefficient (Wildman–Crippen LogP) is 4.03. The fourth-order valence-corrected chi connectivity index (χ4v) is 5.03. The van der Waals surface area contributed by atoms with Gasteiger partial charge in [0, 0.05) is 37.3 Å². The van der Waals surface area contributed by atoms with Gasteiger partial charge < -0.3 is 4.90 Å². The highest BCUT2D eigenvalue weighted by molar-refractivity contribution is 7.89. The zero-order valence-corrected chi connectivity index (χ0v) is 17.7. The molecule has 1 heterocycles. The van der Waals surface area contributed by atoms with Crippen molar-refractivity contribution in [2.24, 2.45) is 5.92 Å². The molecule has 5 nitrogen and oxygen atoms in total. The lowest BCUT2D eigenvalue weighted by Crippen LogP contribution is -2.37. The van der Waals surface area contributed by atoms with Crippen LogP contribution < -0.4 is 0 Å². The van der Waals surface area contributed by atoms with E-state index in [2.05, 4.69) is 6.92 Å². The molecular weight excluding hydrogens is 396 g/mol. The molecule has 0 unspecified atom stereocenters. The number of piperidine rings is 1. The number of hydrogen-bond acceptors (Lipinski definition) is 3. The summed E-state index contributed by atoms with van der Waals surface area (Å²) in [4.78, 5) is 14.5. The van der Waals surface area contributed by atoms with Crippen molar-refractivity contribution < 1.29 is 13.2 Å². The molecule has 0 aliphatic carbocycles. The lowest BCUT2D eigenvalue weighted by atomic mass is 10.0. The summed E-state index contributed by atoms with van der Waals surface area (Å²) in [5.74, 6) is 0.386. The molecule has 2 aromatic rings. The molecule has 1 aliphatic heterocycles. The third kappa shape index (κ3) is 4.74. The van der Waals surface area contributed by atoms with Gasteiger partial charge in [0.2, 0.25) is 10.0 Å². The van der Waals surface area contributed by atoms with E-state index in [0.717, 1.165) is 18.4 Å². The van der Waals surface area contributed by atoms with Crippen molar-refractivity contribution >= 4 is 27.5 Å². The molecule has 1 aliphatic rings. The Balaban J connectivity index is 1.70. The Morgan fingerprint density at radius 1 is 1.14 bits per heavy atom. The van der Waals surface area contributed by atoms with E-state index >= 15 is 0 Å². The molecule has 7 heteroatoms. The summed E-state index contributed by atoms with van der Waals surface area (Å²) in [5, 5.41) is 0.625. The highest BCUT2D eigenvalue weighted by Crippen LogP contribution is 2.24. The first-order chi connectivity index (χ1) is 13.3. The second-order valence-corrected chi connectivity index (χ2v) is 9.78. The summed E-state index contributed by atoms with van der Waals surface area (Å²) < 4.78 is 27.1. The van der Waals surface area contributed by atoms with Crippen LogP contribution in [0.3, 0.4) is 0 Å². The zero-order valence-electron chi connectivity index (χ0n) is 16.1. The summed E-state index contributed by atoms with van der Waals surface area (Å²) in [5.41, 5.74) is 1.39. The number of amides is 1. The van der Waals surface area contributed by atoms with Crippen LogP contribution in [0.2, 0.25) is 5.02 Å². The number of sulfonamides is 1. The Morgan fingerprint density at radius 2 is 1.79 bits per heavy atom. The first-order valence-corrected chi connectivity index (χ1v) is 11.2. The Hall–Kier alpha value is -1.89. The number of carbonyl (C=O) groups excluding carboxylic acids is 1. The van der Waals surface area contributed by atoms with Crippen LogP contribution in [-0.2, 0) is 16.6 Å². The van der Waals surface area contributed by atoms with Crippen molar-refractivity contribution in [3.63, 3.8) is 0 Å². The Labute approximate surface area is 172 Å². The number of benzene rings is 2. The molecule has 0 aromatic heterocycles. The fraction of sp³-hybridized carbons (Fsp3) is 0.381. The number of carbonyl (C=O) groups is 1. The smallest absolute Gasteiger partial charge is 0.253 e. The predicted molar refractivity (Wildman–Crippen MR) is 111 cm³/mol. The molecule has 0 saturated carbocycles. The summed E-state index contributed by atoms with van der Waals surface area (Å²) in [6.07, 6.45) is 1.76. The molecule has 0 spiro atoms. The average molecular weight is 421 g/mol. The standard InChI is InChI=1S/C21H25ClN2O3S/c1-16-10-12-24(13-11-16)28(26,27)20-8-6-18(7-9-20)21(25)23(2)15-17-4-3-5-19(22)14-17/h3-9,14,16H,10-13,15H2,1-2H3. The van der Waals surface area contributed by atoms with Crippen molar-refractivity contribution in [2.45, 2.75) is 31.2 Å². The van der Waals surface area contributed by atoms with Gasteiger partial charge in [-0.25, -0.2) is 8.42 Å². The molecule has 150 valence electrons. The average Bonchev–Trinajstić information content (AvgIpc) is 2.68. The first-order valence-electron chi connectivity index (χ1n) is 9.37. The summed E-state index contributed by atoms with van der Waals surface area (Å²) >= 11 is 5.99. The molecule has 0 N–H and O–H groups in total. The van der Waals surface area contributed by atoms with Gasteiger partial charge in [-0.2, -0.15) is 4.31 Å². The lowest BCUT2D eigenvalue weighted by Gasteiger charge is -2.29. The van der Waals surface area contributed by atoms with Gasteiger partial charge in [0.25, 0.3) is 5.91 Å². The van der Waals surface area contributed by atoms with Gasteiger partial charge in [-0.15, -0.1) is 0 Å². The van der Waals surface area contributed by atoms with Crippen LogP contribution in [0.15, 0.2) is 53.4 Å². The minimum absolute atomic E-state index is 0.171. The van der Waals surface area contributed by atoms with Crippen LogP contribution in [0, 0.1) is 5.92 Å². The highest BCUT2D eigenvalue weighted by atomic mass is 35.5. The Bertz CT molecular complexity index is 936. The van der Waals surface area contributed by atoms with Gasteiger partial charge in [0.15, 0.2) is 0 Å². The molecule has 1 fully saturated rings. The van der Waals surface area contributed by atoms with Crippen molar-refractivity contribution in [3.8, 4) is 0 Å². The van der Waals surface area contributed by atoms with Gasteiger partial charge in [-0.05, 0) is 60.7 Å². The van der Waals surface area contributed by atoms with E-state index < -0.39 is 10.0 Å². The van der Waals surface area contributed by atoms with Gasteiger partial charge >= 0.3 is 0 Å². The zero-order chi connectivity index (χ0) is 20.3. The van der Waals surface area contributed by atoms with E-state index in [4.69, 9.17) is 11.6 Å². The maximum absolute atomic E-state index is 12.8. The van der Waals surface area contributed by atoms with Crippen LogP contribution in [0.5, 0.6) is 0 Å².